The van der Waals surface area contributed by atoms with Crippen LogP contribution in [0.25, 0.3) is 0 Å². The highest BCUT2D eigenvalue weighted by atomic mass is 32.2. The molecular formula is C31H34F3N3O5S. The average Bonchev–Trinajstić information content (AvgIpc) is 3.42. The first-order valence-electron chi connectivity index (χ1n) is 13.8. The van der Waals surface area contributed by atoms with Crippen LogP contribution in [-0.4, -0.2) is 64.4 Å². The Hall–Kier alpha value is -4.06. The predicted octanol–water partition coefficient (Wildman–Crippen LogP) is 5.49. The molecule has 3 aromatic rings. The lowest BCUT2D eigenvalue weighted by atomic mass is 9.95. The molecule has 0 spiro atoms. The van der Waals surface area contributed by atoms with E-state index in [2.05, 4.69) is 5.32 Å². The van der Waals surface area contributed by atoms with Gasteiger partial charge < -0.3 is 19.9 Å². The number of hydrogen-bond acceptors (Lipinski definition) is 6. The Morgan fingerprint density at radius 3 is 2.16 bits per heavy atom. The lowest BCUT2D eigenvalue weighted by molar-refractivity contribution is -0.137. The van der Waals surface area contributed by atoms with E-state index in [0.29, 0.717) is 18.5 Å². The first-order valence-corrected chi connectivity index (χ1v) is 15.4. The number of rotatable bonds is 9. The Kier molecular flexibility index (Phi) is 9.69. The van der Waals surface area contributed by atoms with E-state index in [1.54, 1.807) is 57.4 Å². The van der Waals surface area contributed by atoms with E-state index in [1.165, 1.54) is 29.2 Å². The summed E-state index contributed by atoms with van der Waals surface area (Å²) in [4.78, 5) is 28.5. The third-order valence-electron chi connectivity index (χ3n) is 7.46. The van der Waals surface area contributed by atoms with Crippen LogP contribution in [0, 0.1) is 0 Å². The van der Waals surface area contributed by atoms with Gasteiger partial charge in [-0.15, -0.1) is 0 Å². The summed E-state index contributed by atoms with van der Waals surface area (Å²) in [6.07, 6.45) is -4.35. The largest absolute Gasteiger partial charge is 0.447 e. The average molecular weight is 618 g/mol. The number of halogens is 3. The molecule has 43 heavy (non-hydrogen) atoms. The van der Waals surface area contributed by atoms with Crippen molar-refractivity contribution in [1.29, 1.82) is 0 Å². The SMILES string of the molecule is CCS(=O)(=O)c1ccc(CNC(=O)c2ccc(N3CC(c4ccc(C(F)(F)F)cc4)C[C@H]3COC(=O)N(C)C)cc2)cc1. The Labute approximate surface area is 249 Å². The fourth-order valence-corrected chi connectivity index (χ4v) is 5.83. The first kappa shape index (κ1) is 31.9. The summed E-state index contributed by atoms with van der Waals surface area (Å²) < 4.78 is 68.6. The molecule has 0 saturated carbocycles. The fraction of sp³-hybridized carbons (Fsp3) is 0.355. The Morgan fingerprint density at radius 1 is 0.977 bits per heavy atom. The second-order valence-corrected chi connectivity index (χ2v) is 12.9. The highest BCUT2D eigenvalue weighted by Gasteiger charge is 2.35. The van der Waals surface area contributed by atoms with Gasteiger partial charge in [0.05, 0.1) is 22.3 Å². The van der Waals surface area contributed by atoms with Gasteiger partial charge in [-0.1, -0.05) is 31.2 Å². The third-order valence-corrected chi connectivity index (χ3v) is 9.22. The zero-order valence-electron chi connectivity index (χ0n) is 24.1. The van der Waals surface area contributed by atoms with Gasteiger partial charge in [-0.25, -0.2) is 13.2 Å². The summed E-state index contributed by atoms with van der Waals surface area (Å²) in [6.45, 7) is 2.38. The molecule has 0 aliphatic carbocycles. The highest BCUT2D eigenvalue weighted by Crippen LogP contribution is 2.37. The second kappa shape index (κ2) is 13.1. The normalized spacial score (nSPS) is 17.0. The van der Waals surface area contributed by atoms with E-state index in [0.717, 1.165) is 28.9 Å². The zero-order valence-corrected chi connectivity index (χ0v) is 24.9. The lowest BCUT2D eigenvalue weighted by Crippen LogP contribution is -2.35. The van der Waals surface area contributed by atoms with Crippen molar-refractivity contribution in [2.45, 2.75) is 42.9 Å². The molecular weight excluding hydrogens is 583 g/mol. The molecule has 2 atom stereocenters. The van der Waals surface area contributed by atoms with Crippen LogP contribution in [0.15, 0.2) is 77.7 Å². The number of sulfone groups is 1. The predicted molar refractivity (Wildman–Crippen MR) is 157 cm³/mol. The number of carbonyl (C=O) groups is 2. The van der Waals surface area contributed by atoms with Crippen molar-refractivity contribution in [3.63, 3.8) is 0 Å². The quantitative estimate of drug-likeness (QED) is 0.341. The maximum Gasteiger partial charge on any atom is 0.416 e. The van der Waals surface area contributed by atoms with Crippen LogP contribution in [0.5, 0.6) is 0 Å². The minimum atomic E-state index is -4.42. The van der Waals surface area contributed by atoms with Gasteiger partial charge in [-0.05, 0) is 66.1 Å². The van der Waals surface area contributed by atoms with Crippen molar-refractivity contribution in [3.8, 4) is 0 Å². The van der Waals surface area contributed by atoms with Crippen LogP contribution in [0.2, 0.25) is 0 Å². The molecule has 3 aromatic carbocycles. The molecule has 0 radical (unpaired) electrons. The van der Waals surface area contributed by atoms with E-state index < -0.39 is 27.7 Å². The minimum Gasteiger partial charge on any atom is -0.447 e. The van der Waals surface area contributed by atoms with Gasteiger partial charge >= 0.3 is 12.3 Å². The van der Waals surface area contributed by atoms with E-state index in [1.807, 2.05) is 4.90 Å². The number of hydrogen-bond donors (Lipinski definition) is 1. The summed E-state index contributed by atoms with van der Waals surface area (Å²) in [5, 5.41) is 2.83. The number of nitrogens with zero attached hydrogens (tertiary/aromatic N) is 2. The monoisotopic (exact) mass is 617 g/mol. The standard InChI is InChI=1S/C31H34F3N3O5S/c1-4-43(40,41)28-15-5-21(6-16-28)18-35-29(38)23-9-13-26(14-10-23)37-19-24(17-27(37)20-42-30(39)36(2)3)22-7-11-25(12-8-22)31(32,33)34/h5-16,24,27H,4,17-20H2,1-3H3,(H,35,38)/t24?,27-/m0/s1. The number of carbonyl (C=O) groups excluding carboxylic acids is 2. The van der Waals surface area contributed by atoms with Crippen LogP contribution in [0.1, 0.15) is 46.3 Å². The Bertz CT molecular complexity index is 1520. The third kappa shape index (κ3) is 7.86. The maximum absolute atomic E-state index is 13.1. The number of benzene rings is 3. The highest BCUT2D eigenvalue weighted by molar-refractivity contribution is 7.91. The van der Waals surface area contributed by atoms with Crippen molar-refractivity contribution >= 4 is 27.5 Å². The molecule has 12 heteroatoms. The van der Waals surface area contributed by atoms with Crippen molar-refractivity contribution in [1.82, 2.24) is 10.2 Å². The van der Waals surface area contributed by atoms with Crippen molar-refractivity contribution < 1.29 is 35.9 Å². The van der Waals surface area contributed by atoms with Gasteiger partial charge in [0, 0.05) is 44.4 Å². The van der Waals surface area contributed by atoms with Gasteiger partial charge in [-0.3, -0.25) is 4.79 Å². The van der Waals surface area contributed by atoms with E-state index in [-0.39, 0.29) is 41.7 Å². The lowest BCUT2D eigenvalue weighted by Gasteiger charge is -2.27. The molecule has 4 rings (SSSR count). The van der Waals surface area contributed by atoms with Crippen molar-refractivity contribution in [2.75, 3.05) is 37.9 Å². The van der Waals surface area contributed by atoms with Crippen molar-refractivity contribution in [2.24, 2.45) is 0 Å². The van der Waals surface area contributed by atoms with Crippen LogP contribution in [0.3, 0.4) is 0 Å². The number of ether oxygens (including phenoxy) is 1. The zero-order chi connectivity index (χ0) is 31.4. The second-order valence-electron chi connectivity index (χ2n) is 10.6. The molecule has 2 amide bonds. The van der Waals surface area contributed by atoms with Crippen LogP contribution in [-0.2, 0) is 27.3 Å². The van der Waals surface area contributed by atoms with E-state index in [4.69, 9.17) is 4.74 Å². The molecule has 1 heterocycles. The maximum atomic E-state index is 13.1. The van der Waals surface area contributed by atoms with Crippen molar-refractivity contribution in [3.05, 3.63) is 95.1 Å². The molecule has 1 aliphatic heterocycles. The fourth-order valence-electron chi connectivity index (χ4n) is 4.94. The van der Waals surface area contributed by atoms with Crippen LogP contribution in [0.4, 0.5) is 23.7 Å². The Morgan fingerprint density at radius 2 is 1.60 bits per heavy atom. The molecule has 8 nitrogen and oxygen atoms in total. The minimum absolute atomic E-state index is 0.00813. The van der Waals surface area contributed by atoms with Gasteiger partial charge in [0.25, 0.3) is 5.91 Å². The van der Waals surface area contributed by atoms with Gasteiger partial charge in [0.15, 0.2) is 9.84 Å². The molecule has 1 saturated heterocycles. The van der Waals surface area contributed by atoms with Crippen LogP contribution >= 0.6 is 0 Å². The topological polar surface area (TPSA) is 96.0 Å². The molecule has 1 aliphatic rings. The van der Waals surface area contributed by atoms with Gasteiger partial charge in [-0.2, -0.15) is 13.2 Å². The summed E-state index contributed by atoms with van der Waals surface area (Å²) in [5.41, 5.74) is 2.00. The molecule has 0 aromatic heterocycles. The summed E-state index contributed by atoms with van der Waals surface area (Å²) >= 11 is 0. The smallest absolute Gasteiger partial charge is 0.416 e. The summed E-state index contributed by atoms with van der Waals surface area (Å²) in [7, 11) is -0.144. The number of nitrogens with one attached hydrogen (secondary N) is 1. The molecule has 1 unspecified atom stereocenters. The van der Waals surface area contributed by atoms with Gasteiger partial charge in [0.2, 0.25) is 0 Å². The molecule has 230 valence electrons. The summed E-state index contributed by atoms with van der Waals surface area (Å²) in [5.74, 6) is -0.391. The number of anilines is 1. The first-order chi connectivity index (χ1) is 20.3. The molecule has 1 N–H and O–H groups in total. The van der Waals surface area contributed by atoms with E-state index in [9.17, 15) is 31.2 Å². The number of amides is 2. The summed E-state index contributed by atoms with van der Waals surface area (Å²) in [6, 6.07) is 18.2. The van der Waals surface area contributed by atoms with Crippen LogP contribution < -0.4 is 10.2 Å². The molecule has 0 bridgehead atoms. The Balaban J connectivity index is 1.45. The number of alkyl halides is 3. The molecule has 1 fully saturated rings. The van der Waals surface area contributed by atoms with Gasteiger partial charge in [0.1, 0.15) is 6.61 Å². The van der Waals surface area contributed by atoms with E-state index >= 15 is 0 Å².